The fourth-order valence-corrected chi connectivity index (χ4v) is 4.12. The highest BCUT2D eigenvalue weighted by molar-refractivity contribution is 6.01. The molecule has 1 unspecified atom stereocenters. The number of hydroxylamine groups is 2. The van der Waals surface area contributed by atoms with Gasteiger partial charge in [0.05, 0.1) is 5.71 Å². The van der Waals surface area contributed by atoms with Crippen LogP contribution in [0, 0.1) is 0 Å². The van der Waals surface area contributed by atoms with E-state index in [-0.39, 0.29) is 11.0 Å². The molecule has 6 nitrogen and oxygen atoms in total. The van der Waals surface area contributed by atoms with E-state index in [4.69, 9.17) is 9.68 Å². The second-order valence-electron chi connectivity index (χ2n) is 9.47. The number of oxime groups is 1. The molecule has 0 aliphatic carbocycles. The smallest absolute Gasteiger partial charge is 0.389 e. The SMILES string of the molecule is CC(C)(C)c1ccc(NC(=O)ON2CCCC3(CC2)CC(c2ccccc2)=NO3)cc1. The van der Waals surface area contributed by atoms with E-state index in [0.29, 0.717) is 13.1 Å². The van der Waals surface area contributed by atoms with Crippen molar-refractivity contribution in [1.82, 2.24) is 5.06 Å². The first kappa shape index (κ1) is 21.4. The van der Waals surface area contributed by atoms with Crippen molar-refractivity contribution in [2.75, 3.05) is 18.4 Å². The fourth-order valence-electron chi connectivity index (χ4n) is 4.12. The van der Waals surface area contributed by atoms with Crippen molar-refractivity contribution < 1.29 is 14.5 Å². The predicted molar refractivity (Wildman–Crippen MR) is 122 cm³/mol. The molecular formula is C25H31N3O3. The lowest BCUT2D eigenvalue weighted by Crippen LogP contribution is -2.33. The molecule has 0 saturated carbocycles. The van der Waals surface area contributed by atoms with Crippen LogP contribution in [0.15, 0.2) is 59.8 Å². The van der Waals surface area contributed by atoms with Crippen molar-refractivity contribution in [2.45, 2.75) is 57.5 Å². The van der Waals surface area contributed by atoms with E-state index in [1.165, 1.54) is 5.56 Å². The zero-order valence-corrected chi connectivity index (χ0v) is 18.6. The Kier molecular flexibility index (Phi) is 6.01. The molecule has 164 valence electrons. The molecule has 0 bridgehead atoms. The molecule has 2 aromatic carbocycles. The maximum absolute atomic E-state index is 12.4. The number of rotatable bonds is 3. The van der Waals surface area contributed by atoms with Gasteiger partial charge in [-0.3, -0.25) is 5.32 Å². The third-order valence-corrected chi connectivity index (χ3v) is 6.01. The third-order valence-electron chi connectivity index (χ3n) is 6.01. The molecule has 1 saturated heterocycles. The van der Waals surface area contributed by atoms with Crippen LogP contribution in [0.2, 0.25) is 0 Å². The molecule has 31 heavy (non-hydrogen) atoms. The summed E-state index contributed by atoms with van der Waals surface area (Å²) in [5.41, 5.74) is 3.82. The van der Waals surface area contributed by atoms with Gasteiger partial charge in [0.2, 0.25) is 0 Å². The molecular weight excluding hydrogens is 390 g/mol. The topological polar surface area (TPSA) is 63.2 Å². The van der Waals surface area contributed by atoms with Crippen LogP contribution in [0.3, 0.4) is 0 Å². The highest BCUT2D eigenvalue weighted by Crippen LogP contribution is 2.36. The summed E-state index contributed by atoms with van der Waals surface area (Å²) in [5.74, 6) is 0. The van der Waals surface area contributed by atoms with Gasteiger partial charge in [0.1, 0.15) is 5.60 Å². The quantitative estimate of drug-likeness (QED) is 0.711. The molecule has 2 aliphatic heterocycles. The van der Waals surface area contributed by atoms with Gasteiger partial charge in [0.15, 0.2) is 0 Å². The average molecular weight is 422 g/mol. The summed E-state index contributed by atoms with van der Waals surface area (Å²) in [4.78, 5) is 23.9. The molecule has 6 heteroatoms. The van der Waals surface area contributed by atoms with Crippen LogP contribution in [-0.2, 0) is 15.1 Å². The lowest BCUT2D eigenvalue weighted by molar-refractivity contribution is -0.0986. The molecule has 2 aromatic rings. The summed E-state index contributed by atoms with van der Waals surface area (Å²) in [7, 11) is 0. The van der Waals surface area contributed by atoms with Crippen LogP contribution in [0.25, 0.3) is 0 Å². The Hall–Kier alpha value is -2.86. The molecule has 0 radical (unpaired) electrons. The van der Waals surface area contributed by atoms with E-state index in [1.54, 1.807) is 5.06 Å². The van der Waals surface area contributed by atoms with E-state index in [2.05, 4.69) is 43.4 Å². The van der Waals surface area contributed by atoms with Crippen LogP contribution in [0.4, 0.5) is 10.5 Å². The second-order valence-corrected chi connectivity index (χ2v) is 9.47. The Morgan fingerprint density at radius 3 is 2.52 bits per heavy atom. The highest BCUT2D eigenvalue weighted by Gasteiger charge is 2.41. The van der Waals surface area contributed by atoms with E-state index < -0.39 is 6.09 Å². The van der Waals surface area contributed by atoms with Crippen LogP contribution < -0.4 is 5.32 Å². The lowest BCUT2D eigenvalue weighted by atomic mass is 9.87. The normalized spacial score (nSPS) is 21.8. The van der Waals surface area contributed by atoms with Crippen molar-refractivity contribution in [2.24, 2.45) is 5.16 Å². The summed E-state index contributed by atoms with van der Waals surface area (Å²) in [6, 6.07) is 18.0. The number of hydrogen-bond donors (Lipinski definition) is 1. The van der Waals surface area contributed by atoms with E-state index in [9.17, 15) is 4.79 Å². The largest absolute Gasteiger partial charge is 0.430 e. The molecule has 1 spiro atoms. The van der Waals surface area contributed by atoms with E-state index >= 15 is 0 Å². The zero-order chi connectivity index (χ0) is 21.9. The Morgan fingerprint density at radius 2 is 1.81 bits per heavy atom. The number of nitrogens with zero attached hydrogens (tertiary/aromatic N) is 2. The molecule has 4 rings (SSSR count). The van der Waals surface area contributed by atoms with Gasteiger partial charge in [0, 0.05) is 31.6 Å². The standard InChI is InChI=1S/C25H31N3O3/c1-24(2,3)20-10-12-21(13-11-20)26-23(29)30-28-16-7-14-25(15-17-28)18-22(27-31-25)19-8-5-4-6-9-19/h4-6,8-13H,7,14-18H2,1-3H3,(H,26,29). The zero-order valence-electron chi connectivity index (χ0n) is 18.6. The number of nitrogens with one attached hydrogen (secondary N) is 1. The first-order valence-electron chi connectivity index (χ1n) is 11.0. The Morgan fingerprint density at radius 1 is 1.06 bits per heavy atom. The van der Waals surface area contributed by atoms with E-state index in [0.717, 1.165) is 42.6 Å². The van der Waals surface area contributed by atoms with Crippen molar-refractivity contribution in [1.29, 1.82) is 0 Å². The van der Waals surface area contributed by atoms with Crippen molar-refractivity contribution >= 4 is 17.5 Å². The number of carbonyl (C=O) groups is 1. The van der Waals surface area contributed by atoms with Crippen molar-refractivity contribution in [3.63, 3.8) is 0 Å². The average Bonchev–Trinajstić information content (AvgIpc) is 3.06. The molecule has 1 atom stereocenters. The molecule has 1 amide bonds. The first-order chi connectivity index (χ1) is 14.8. The van der Waals surface area contributed by atoms with Gasteiger partial charge in [-0.05, 0) is 41.5 Å². The summed E-state index contributed by atoms with van der Waals surface area (Å²) < 4.78 is 0. The molecule has 2 aliphatic rings. The highest BCUT2D eigenvalue weighted by atomic mass is 16.7. The lowest BCUT2D eigenvalue weighted by Gasteiger charge is -2.25. The van der Waals surface area contributed by atoms with E-state index in [1.807, 2.05) is 42.5 Å². The minimum Gasteiger partial charge on any atom is -0.389 e. The van der Waals surface area contributed by atoms with Gasteiger partial charge < -0.3 is 9.68 Å². The summed E-state index contributed by atoms with van der Waals surface area (Å²) in [6.45, 7) is 7.79. The van der Waals surface area contributed by atoms with Crippen LogP contribution in [0.5, 0.6) is 0 Å². The number of carbonyl (C=O) groups excluding carboxylic acids is 1. The van der Waals surface area contributed by atoms with Gasteiger partial charge >= 0.3 is 6.09 Å². The maximum Gasteiger partial charge on any atom is 0.430 e. The third kappa shape index (κ3) is 5.25. The summed E-state index contributed by atoms with van der Waals surface area (Å²) in [6.07, 6.45) is 2.86. The number of benzene rings is 2. The van der Waals surface area contributed by atoms with Gasteiger partial charge in [-0.2, -0.15) is 0 Å². The minimum absolute atomic E-state index is 0.0768. The van der Waals surface area contributed by atoms with Gasteiger partial charge in [0.25, 0.3) is 0 Å². The maximum atomic E-state index is 12.4. The number of amides is 1. The number of hydrogen-bond acceptors (Lipinski definition) is 5. The van der Waals surface area contributed by atoms with Crippen LogP contribution in [-0.4, -0.2) is 35.6 Å². The van der Waals surface area contributed by atoms with Crippen LogP contribution >= 0.6 is 0 Å². The van der Waals surface area contributed by atoms with Crippen LogP contribution in [0.1, 0.15) is 57.6 Å². The van der Waals surface area contributed by atoms with Crippen molar-refractivity contribution in [3.8, 4) is 0 Å². The Bertz CT molecular complexity index is 935. The molecule has 1 N–H and O–H groups in total. The number of anilines is 1. The summed E-state index contributed by atoms with van der Waals surface area (Å²) >= 11 is 0. The minimum atomic E-state index is -0.465. The molecule has 1 fully saturated rings. The second kappa shape index (κ2) is 8.71. The monoisotopic (exact) mass is 421 g/mol. The van der Waals surface area contributed by atoms with Gasteiger partial charge in [-0.15, -0.1) is 5.06 Å². The summed E-state index contributed by atoms with van der Waals surface area (Å²) in [5, 5.41) is 8.92. The Balaban J connectivity index is 1.29. The van der Waals surface area contributed by atoms with Gasteiger partial charge in [-0.1, -0.05) is 68.4 Å². The fraction of sp³-hybridized carbons (Fsp3) is 0.440. The molecule has 0 aromatic heterocycles. The van der Waals surface area contributed by atoms with Gasteiger partial charge in [-0.25, -0.2) is 4.79 Å². The predicted octanol–water partition coefficient (Wildman–Crippen LogP) is 5.50. The molecule has 2 heterocycles. The van der Waals surface area contributed by atoms with Crippen molar-refractivity contribution in [3.05, 3.63) is 65.7 Å². The Labute approximate surface area is 184 Å². The first-order valence-corrected chi connectivity index (χ1v) is 11.0.